The second kappa shape index (κ2) is 9.56. The molecule has 0 radical (unpaired) electrons. The van der Waals surface area contributed by atoms with Gasteiger partial charge in [-0.25, -0.2) is 9.07 Å². The van der Waals surface area contributed by atoms with Crippen molar-refractivity contribution in [1.82, 2.24) is 19.6 Å². The number of rotatable bonds is 7. The molecular formula is C22H16ClF4N5O2. The topological polar surface area (TPSA) is 74.0 Å². The van der Waals surface area contributed by atoms with E-state index in [4.69, 9.17) is 16.3 Å². The van der Waals surface area contributed by atoms with Crippen LogP contribution in [0.15, 0.2) is 67.1 Å². The molecule has 4 rings (SSSR count). The van der Waals surface area contributed by atoms with Crippen LogP contribution in [-0.4, -0.2) is 25.5 Å². The molecule has 12 heteroatoms. The molecule has 0 spiro atoms. The van der Waals surface area contributed by atoms with Crippen LogP contribution in [0.3, 0.4) is 0 Å². The van der Waals surface area contributed by atoms with Crippen LogP contribution in [-0.2, 0) is 19.5 Å². The number of carbonyl (C=O) groups excluding carboxylic acids is 1. The number of aromatic nitrogens is 4. The van der Waals surface area contributed by atoms with Gasteiger partial charge in [-0.05, 0) is 42.0 Å². The SMILES string of the molecule is O=C(Nc1cnn(Cc2ccc(F)cc2Cl)c1)c1ccn(COc2cccc(C(F)(F)F)c2)n1. The molecule has 7 nitrogen and oxygen atoms in total. The number of ether oxygens (including phenoxy) is 1. The molecule has 2 aromatic carbocycles. The Hall–Kier alpha value is -3.86. The fourth-order valence-electron chi connectivity index (χ4n) is 2.99. The average Bonchev–Trinajstić information content (AvgIpc) is 3.43. The van der Waals surface area contributed by atoms with Crippen molar-refractivity contribution in [2.75, 3.05) is 5.32 Å². The van der Waals surface area contributed by atoms with Gasteiger partial charge < -0.3 is 10.1 Å². The molecule has 0 saturated carbocycles. The van der Waals surface area contributed by atoms with Crippen LogP contribution in [0.1, 0.15) is 21.6 Å². The van der Waals surface area contributed by atoms with Crippen LogP contribution < -0.4 is 10.1 Å². The Morgan fingerprint density at radius 2 is 1.94 bits per heavy atom. The molecule has 0 aliphatic rings. The van der Waals surface area contributed by atoms with Crippen LogP contribution in [0, 0.1) is 5.82 Å². The molecular weight excluding hydrogens is 478 g/mol. The van der Waals surface area contributed by atoms with Crippen LogP contribution in [0.5, 0.6) is 5.75 Å². The van der Waals surface area contributed by atoms with Gasteiger partial charge in [-0.3, -0.25) is 9.48 Å². The first-order valence-electron chi connectivity index (χ1n) is 9.78. The van der Waals surface area contributed by atoms with Crippen LogP contribution >= 0.6 is 11.6 Å². The third kappa shape index (κ3) is 5.73. The molecule has 0 unspecified atom stereocenters. The zero-order valence-corrected chi connectivity index (χ0v) is 18.0. The number of hydrogen-bond acceptors (Lipinski definition) is 4. The summed E-state index contributed by atoms with van der Waals surface area (Å²) < 4.78 is 59.7. The maximum atomic E-state index is 13.2. The Balaban J connectivity index is 1.34. The fourth-order valence-corrected chi connectivity index (χ4v) is 3.22. The van der Waals surface area contributed by atoms with Gasteiger partial charge in [-0.15, -0.1) is 0 Å². The molecule has 2 aromatic heterocycles. The largest absolute Gasteiger partial charge is 0.471 e. The number of nitrogens with zero attached hydrogens (tertiary/aromatic N) is 4. The molecule has 34 heavy (non-hydrogen) atoms. The Bertz CT molecular complexity index is 1320. The van der Waals surface area contributed by atoms with Crippen molar-refractivity contribution >= 4 is 23.2 Å². The van der Waals surface area contributed by atoms with Gasteiger partial charge in [-0.2, -0.15) is 23.4 Å². The number of carbonyl (C=O) groups is 1. The highest BCUT2D eigenvalue weighted by atomic mass is 35.5. The predicted octanol–water partition coefficient (Wildman–Crippen LogP) is 5.23. The highest BCUT2D eigenvalue weighted by Crippen LogP contribution is 2.31. The van der Waals surface area contributed by atoms with Crippen molar-refractivity contribution in [1.29, 1.82) is 0 Å². The second-order valence-corrected chi connectivity index (χ2v) is 7.56. The number of alkyl halides is 3. The standard InChI is InChI=1S/C22H16ClF4N5O2/c23-19-9-16(24)5-4-14(19)11-32-12-17(10-28-32)29-21(33)20-6-7-31(30-20)13-34-18-3-1-2-15(8-18)22(25,26)27/h1-10,12H,11,13H2,(H,29,33). The first kappa shape index (κ1) is 23.3. The monoisotopic (exact) mass is 493 g/mol. The number of anilines is 1. The van der Waals surface area contributed by atoms with E-state index in [1.54, 1.807) is 12.3 Å². The molecule has 1 amide bonds. The van der Waals surface area contributed by atoms with Gasteiger partial charge in [0.15, 0.2) is 12.4 Å². The second-order valence-electron chi connectivity index (χ2n) is 7.16. The Labute approximate surface area is 195 Å². The van der Waals surface area contributed by atoms with Crippen molar-refractivity contribution < 1.29 is 27.1 Å². The predicted molar refractivity (Wildman–Crippen MR) is 115 cm³/mol. The zero-order valence-electron chi connectivity index (χ0n) is 17.3. The van der Waals surface area contributed by atoms with Crippen molar-refractivity contribution in [2.24, 2.45) is 0 Å². The van der Waals surface area contributed by atoms with Gasteiger partial charge in [0.1, 0.15) is 11.6 Å². The maximum Gasteiger partial charge on any atom is 0.416 e. The smallest absolute Gasteiger partial charge is 0.416 e. The molecule has 0 atom stereocenters. The van der Waals surface area contributed by atoms with Gasteiger partial charge in [0.25, 0.3) is 5.91 Å². The van der Waals surface area contributed by atoms with Crippen molar-refractivity contribution in [3.8, 4) is 5.75 Å². The molecule has 4 aromatic rings. The molecule has 176 valence electrons. The summed E-state index contributed by atoms with van der Waals surface area (Å²) in [6.07, 6.45) is -0.00765. The van der Waals surface area contributed by atoms with Crippen molar-refractivity contribution in [3.05, 3.63) is 94.8 Å². The van der Waals surface area contributed by atoms with E-state index in [-0.39, 0.29) is 29.7 Å². The third-order valence-electron chi connectivity index (χ3n) is 4.64. The lowest BCUT2D eigenvalue weighted by molar-refractivity contribution is -0.137. The van der Waals surface area contributed by atoms with Gasteiger partial charge >= 0.3 is 6.18 Å². The van der Waals surface area contributed by atoms with E-state index < -0.39 is 23.5 Å². The maximum absolute atomic E-state index is 13.2. The van der Waals surface area contributed by atoms with Crippen LogP contribution in [0.4, 0.5) is 23.2 Å². The summed E-state index contributed by atoms with van der Waals surface area (Å²) in [5, 5.41) is 11.1. The normalized spacial score (nSPS) is 11.4. The Morgan fingerprint density at radius 3 is 2.71 bits per heavy atom. The van der Waals surface area contributed by atoms with Crippen molar-refractivity contribution in [2.45, 2.75) is 19.5 Å². The first-order valence-corrected chi connectivity index (χ1v) is 10.2. The number of hydrogen-bond donors (Lipinski definition) is 1. The van der Waals surface area contributed by atoms with E-state index in [0.29, 0.717) is 11.3 Å². The van der Waals surface area contributed by atoms with Gasteiger partial charge in [0.05, 0.1) is 24.0 Å². The number of nitrogens with one attached hydrogen (secondary N) is 1. The summed E-state index contributed by atoms with van der Waals surface area (Å²) in [5.41, 5.74) is 0.302. The minimum absolute atomic E-state index is 0.0185. The van der Waals surface area contributed by atoms with Gasteiger partial charge in [-0.1, -0.05) is 23.7 Å². The van der Waals surface area contributed by atoms with Crippen LogP contribution in [0.2, 0.25) is 5.02 Å². The summed E-state index contributed by atoms with van der Waals surface area (Å²) >= 11 is 6.02. The fraction of sp³-hybridized carbons (Fsp3) is 0.136. The van der Waals surface area contributed by atoms with E-state index in [9.17, 15) is 22.4 Å². The zero-order chi connectivity index (χ0) is 24.3. The van der Waals surface area contributed by atoms with E-state index in [1.807, 2.05) is 0 Å². The van der Waals surface area contributed by atoms with E-state index in [1.165, 1.54) is 52.1 Å². The summed E-state index contributed by atoms with van der Waals surface area (Å²) in [7, 11) is 0. The summed E-state index contributed by atoms with van der Waals surface area (Å²) in [6, 6.07) is 9.94. The van der Waals surface area contributed by atoms with Gasteiger partial charge in [0, 0.05) is 17.4 Å². The molecule has 0 fully saturated rings. The lowest BCUT2D eigenvalue weighted by atomic mass is 10.2. The molecule has 2 heterocycles. The van der Waals surface area contributed by atoms with E-state index in [2.05, 4.69) is 15.5 Å². The summed E-state index contributed by atoms with van der Waals surface area (Å²) in [4.78, 5) is 12.5. The highest BCUT2D eigenvalue weighted by molar-refractivity contribution is 6.31. The third-order valence-corrected chi connectivity index (χ3v) is 4.99. The first-order chi connectivity index (χ1) is 16.2. The Morgan fingerprint density at radius 1 is 1.12 bits per heavy atom. The summed E-state index contributed by atoms with van der Waals surface area (Å²) in [6.45, 7) is 0.0848. The van der Waals surface area contributed by atoms with Crippen molar-refractivity contribution in [3.63, 3.8) is 0 Å². The van der Waals surface area contributed by atoms with E-state index >= 15 is 0 Å². The number of benzene rings is 2. The minimum atomic E-state index is -4.48. The minimum Gasteiger partial charge on any atom is -0.471 e. The average molecular weight is 494 g/mol. The molecule has 0 saturated heterocycles. The van der Waals surface area contributed by atoms with Crippen LogP contribution in [0.25, 0.3) is 0 Å². The molecule has 0 aliphatic heterocycles. The molecule has 0 aliphatic carbocycles. The number of halogens is 5. The van der Waals surface area contributed by atoms with E-state index in [0.717, 1.165) is 12.1 Å². The molecule has 0 bridgehead atoms. The summed E-state index contributed by atoms with van der Waals surface area (Å²) in [5.74, 6) is -0.941. The highest BCUT2D eigenvalue weighted by Gasteiger charge is 2.30. The lowest BCUT2D eigenvalue weighted by Crippen LogP contribution is -2.14. The van der Waals surface area contributed by atoms with Gasteiger partial charge in [0.2, 0.25) is 0 Å². The number of amides is 1. The molecule has 1 N–H and O–H groups in total. The lowest BCUT2D eigenvalue weighted by Gasteiger charge is -2.10. The quantitative estimate of drug-likeness (QED) is 0.358. The Kier molecular flexibility index (Phi) is 6.55.